The molecule has 1 unspecified atom stereocenters. The lowest BCUT2D eigenvalue weighted by atomic mass is 9.87. The Morgan fingerprint density at radius 2 is 1.68 bits per heavy atom. The summed E-state index contributed by atoms with van der Waals surface area (Å²) in [7, 11) is 0. The number of piperidine rings is 1. The zero-order valence-corrected chi connectivity index (χ0v) is 24.6. The molecule has 8 nitrogen and oxygen atoms in total. The lowest BCUT2D eigenvalue weighted by Crippen LogP contribution is -2.49. The monoisotopic (exact) mass is 549 g/mol. The number of nitrogens with one attached hydrogen (secondary N) is 3. The fourth-order valence-electron chi connectivity index (χ4n) is 4.99. The zero-order valence-electron chi connectivity index (χ0n) is 24.6. The SMILES string of the molecule is CCCCCCCCNC(=O)N1CCCC(Nc2cc(NC(=O)c3ccc(C(C)(C)C)cc3)ccc2C(N)=O)C1. The minimum absolute atomic E-state index is 0.00340. The summed E-state index contributed by atoms with van der Waals surface area (Å²) in [6.07, 6.45) is 8.81. The van der Waals surface area contributed by atoms with E-state index in [1.54, 1.807) is 18.2 Å². The Morgan fingerprint density at radius 1 is 0.975 bits per heavy atom. The molecule has 1 aliphatic heterocycles. The van der Waals surface area contributed by atoms with Crippen LogP contribution in [-0.2, 0) is 5.41 Å². The number of primary amides is 1. The fourth-order valence-corrected chi connectivity index (χ4v) is 4.99. The average Bonchev–Trinajstić information content (AvgIpc) is 2.92. The maximum Gasteiger partial charge on any atom is 0.317 e. The number of rotatable bonds is 12. The molecule has 3 rings (SSSR count). The van der Waals surface area contributed by atoms with Crippen LogP contribution < -0.4 is 21.7 Å². The highest BCUT2D eigenvalue weighted by Crippen LogP contribution is 2.26. The van der Waals surface area contributed by atoms with Gasteiger partial charge in [-0.1, -0.05) is 71.9 Å². The molecule has 1 fully saturated rings. The van der Waals surface area contributed by atoms with Crippen LogP contribution in [0.15, 0.2) is 42.5 Å². The summed E-state index contributed by atoms with van der Waals surface area (Å²) in [4.78, 5) is 39.7. The number of nitrogens with zero attached hydrogens (tertiary/aromatic N) is 1. The van der Waals surface area contributed by atoms with E-state index in [1.165, 1.54) is 25.7 Å². The van der Waals surface area contributed by atoms with Gasteiger partial charge in [-0.25, -0.2) is 4.79 Å². The topological polar surface area (TPSA) is 117 Å². The van der Waals surface area contributed by atoms with Crippen LogP contribution >= 0.6 is 0 Å². The van der Waals surface area contributed by atoms with Crippen LogP contribution in [0.2, 0.25) is 0 Å². The van der Waals surface area contributed by atoms with Crippen LogP contribution in [0.4, 0.5) is 16.2 Å². The Hall–Kier alpha value is -3.55. The van der Waals surface area contributed by atoms with Crippen molar-refractivity contribution in [1.82, 2.24) is 10.2 Å². The Balaban J connectivity index is 1.59. The molecule has 1 saturated heterocycles. The number of amides is 4. The number of likely N-dealkylation sites (tertiary alicyclic amines) is 1. The van der Waals surface area contributed by atoms with Crippen LogP contribution in [0.25, 0.3) is 0 Å². The number of unbranched alkanes of at least 4 members (excludes halogenated alkanes) is 5. The highest BCUT2D eigenvalue weighted by atomic mass is 16.2. The zero-order chi connectivity index (χ0) is 29.1. The fraction of sp³-hybridized carbons (Fsp3) is 0.531. The first-order valence-corrected chi connectivity index (χ1v) is 14.7. The largest absolute Gasteiger partial charge is 0.380 e. The van der Waals surface area contributed by atoms with E-state index in [0.717, 1.165) is 31.2 Å². The van der Waals surface area contributed by atoms with Crippen molar-refractivity contribution >= 4 is 29.2 Å². The lowest BCUT2D eigenvalue weighted by molar-refractivity contribution is 0.0998. The van der Waals surface area contributed by atoms with Crippen molar-refractivity contribution in [2.75, 3.05) is 30.3 Å². The Bertz CT molecular complexity index is 1140. The van der Waals surface area contributed by atoms with Gasteiger partial charge in [-0.15, -0.1) is 0 Å². The van der Waals surface area contributed by atoms with E-state index in [9.17, 15) is 14.4 Å². The lowest BCUT2D eigenvalue weighted by Gasteiger charge is -2.34. The number of hydrogen-bond acceptors (Lipinski definition) is 4. The molecule has 5 N–H and O–H groups in total. The third kappa shape index (κ3) is 9.28. The molecule has 2 aromatic rings. The summed E-state index contributed by atoms with van der Waals surface area (Å²) in [5.41, 5.74) is 8.81. The smallest absolute Gasteiger partial charge is 0.317 e. The van der Waals surface area contributed by atoms with E-state index < -0.39 is 5.91 Å². The minimum atomic E-state index is -0.553. The van der Waals surface area contributed by atoms with Crippen molar-refractivity contribution in [2.45, 2.75) is 90.5 Å². The maximum atomic E-state index is 12.9. The predicted octanol–water partition coefficient (Wildman–Crippen LogP) is 6.28. The highest BCUT2D eigenvalue weighted by Gasteiger charge is 2.25. The quantitative estimate of drug-likeness (QED) is 0.233. The second-order valence-corrected chi connectivity index (χ2v) is 11.8. The van der Waals surface area contributed by atoms with Crippen LogP contribution in [-0.4, -0.2) is 48.4 Å². The average molecular weight is 550 g/mol. The van der Waals surface area contributed by atoms with E-state index >= 15 is 0 Å². The molecule has 218 valence electrons. The van der Waals surface area contributed by atoms with Crippen molar-refractivity contribution in [3.8, 4) is 0 Å². The molecule has 2 aromatic carbocycles. The van der Waals surface area contributed by atoms with Gasteiger partial charge in [-0.3, -0.25) is 9.59 Å². The molecule has 0 bridgehead atoms. The van der Waals surface area contributed by atoms with Gasteiger partial charge >= 0.3 is 6.03 Å². The first-order valence-electron chi connectivity index (χ1n) is 14.7. The number of nitrogens with two attached hydrogens (primary N) is 1. The second-order valence-electron chi connectivity index (χ2n) is 11.8. The molecule has 0 radical (unpaired) electrons. The highest BCUT2D eigenvalue weighted by molar-refractivity contribution is 6.05. The summed E-state index contributed by atoms with van der Waals surface area (Å²) in [5.74, 6) is -0.786. The Morgan fingerprint density at radius 3 is 2.35 bits per heavy atom. The van der Waals surface area contributed by atoms with Gasteiger partial charge in [0.15, 0.2) is 0 Å². The first kappa shape index (κ1) is 31.0. The van der Waals surface area contributed by atoms with E-state index in [2.05, 4.69) is 43.6 Å². The number of carbonyl (C=O) groups excluding carboxylic acids is 3. The van der Waals surface area contributed by atoms with Crippen molar-refractivity contribution in [2.24, 2.45) is 5.73 Å². The summed E-state index contributed by atoms with van der Waals surface area (Å²) in [6, 6.07) is 12.5. The molecule has 8 heteroatoms. The molecule has 1 atom stereocenters. The Kier molecular flexibility index (Phi) is 11.4. The molecular formula is C32H47N5O3. The van der Waals surface area contributed by atoms with Gasteiger partial charge < -0.3 is 26.6 Å². The first-order chi connectivity index (χ1) is 19.1. The molecule has 4 amide bonds. The van der Waals surface area contributed by atoms with Gasteiger partial charge in [0, 0.05) is 42.6 Å². The van der Waals surface area contributed by atoms with E-state index in [0.29, 0.717) is 42.1 Å². The van der Waals surface area contributed by atoms with Crippen molar-refractivity contribution in [1.29, 1.82) is 0 Å². The number of urea groups is 1. The summed E-state index contributed by atoms with van der Waals surface area (Å²) >= 11 is 0. The van der Waals surface area contributed by atoms with Gasteiger partial charge in [0.25, 0.3) is 11.8 Å². The molecule has 40 heavy (non-hydrogen) atoms. The van der Waals surface area contributed by atoms with Gasteiger partial charge in [-0.05, 0) is 60.6 Å². The number of benzene rings is 2. The third-order valence-electron chi connectivity index (χ3n) is 7.43. The predicted molar refractivity (Wildman–Crippen MR) is 163 cm³/mol. The molecule has 0 aromatic heterocycles. The molecule has 0 spiro atoms. The van der Waals surface area contributed by atoms with Gasteiger partial charge in [0.05, 0.1) is 5.56 Å². The van der Waals surface area contributed by atoms with Crippen LogP contribution in [0, 0.1) is 0 Å². The summed E-state index contributed by atoms with van der Waals surface area (Å²) < 4.78 is 0. The second kappa shape index (κ2) is 14.7. The summed E-state index contributed by atoms with van der Waals surface area (Å²) in [5, 5.41) is 9.39. The van der Waals surface area contributed by atoms with Crippen molar-refractivity contribution < 1.29 is 14.4 Å². The minimum Gasteiger partial charge on any atom is -0.380 e. The van der Waals surface area contributed by atoms with E-state index in [1.807, 2.05) is 29.2 Å². The van der Waals surface area contributed by atoms with Crippen molar-refractivity contribution in [3.05, 3.63) is 59.2 Å². The molecular weight excluding hydrogens is 502 g/mol. The number of anilines is 2. The third-order valence-corrected chi connectivity index (χ3v) is 7.43. The van der Waals surface area contributed by atoms with E-state index in [4.69, 9.17) is 5.73 Å². The molecule has 0 aliphatic carbocycles. The molecule has 0 saturated carbocycles. The van der Waals surface area contributed by atoms with Crippen LogP contribution in [0.1, 0.15) is 105 Å². The molecule has 1 heterocycles. The number of carbonyl (C=O) groups is 3. The normalized spacial score (nSPS) is 15.4. The standard InChI is InChI=1S/C32H47N5O3/c1-5-6-7-8-9-10-19-34-31(40)37-20-11-12-26(22-37)35-28-21-25(17-18-27(28)29(33)38)36-30(39)23-13-15-24(16-14-23)32(2,3)4/h13-18,21,26,35H,5-12,19-20,22H2,1-4H3,(H2,33,38)(H,34,40)(H,36,39). The van der Waals surface area contributed by atoms with Crippen LogP contribution in [0.3, 0.4) is 0 Å². The summed E-state index contributed by atoms with van der Waals surface area (Å²) in [6.45, 7) is 10.5. The number of hydrogen-bond donors (Lipinski definition) is 4. The van der Waals surface area contributed by atoms with Gasteiger partial charge in [0.2, 0.25) is 0 Å². The Labute approximate surface area is 239 Å². The van der Waals surface area contributed by atoms with E-state index in [-0.39, 0.29) is 23.4 Å². The molecule has 1 aliphatic rings. The van der Waals surface area contributed by atoms with Gasteiger partial charge in [0.1, 0.15) is 0 Å². The van der Waals surface area contributed by atoms with Crippen LogP contribution in [0.5, 0.6) is 0 Å². The van der Waals surface area contributed by atoms with Crippen molar-refractivity contribution in [3.63, 3.8) is 0 Å². The maximum absolute atomic E-state index is 12.9. The van der Waals surface area contributed by atoms with Gasteiger partial charge in [-0.2, -0.15) is 0 Å².